The number of carbonyl (C=O) groups is 1. The summed E-state index contributed by atoms with van der Waals surface area (Å²) in [5, 5.41) is 14.8. The summed E-state index contributed by atoms with van der Waals surface area (Å²) in [6, 6.07) is 3.41. The molecule has 172 valence electrons. The van der Waals surface area contributed by atoms with Gasteiger partial charge in [-0.05, 0) is 110 Å². The Balaban J connectivity index is 1.32. The summed E-state index contributed by atoms with van der Waals surface area (Å²) in [4.78, 5) is 16.4. The van der Waals surface area contributed by atoms with Crippen LogP contribution < -0.4 is 5.43 Å². The van der Waals surface area contributed by atoms with E-state index in [9.17, 15) is 9.90 Å². The van der Waals surface area contributed by atoms with Crippen LogP contribution in [0.5, 0.6) is 0 Å². The molecule has 3 saturated carbocycles. The maximum Gasteiger partial charge on any atom is 0.271 e. The smallest absolute Gasteiger partial charge is 0.271 e. The molecule has 0 bridgehead atoms. The van der Waals surface area contributed by atoms with E-state index in [4.69, 9.17) is 0 Å². The van der Waals surface area contributed by atoms with Gasteiger partial charge in [0.2, 0.25) is 0 Å². The molecule has 4 aliphatic carbocycles. The number of amides is 1. The average Bonchev–Trinajstić information content (AvgIpc) is 3.15. The van der Waals surface area contributed by atoms with E-state index >= 15 is 0 Å². The third-order valence-corrected chi connectivity index (χ3v) is 9.88. The lowest BCUT2D eigenvalue weighted by atomic mass is 9.44. The van der Waals surface area contributed by atoms with Gasteiger partial charge in [0, 0.05) is 18.0 Å². The van der Waals surface area contributed by atoms with Gasteiger partial charge in [-0.1, -0.05) is 19.9 Å². The zero-order valence-corrected chi connectivity index (χ0v) is 19.7. The van der Waals surface area contributed by atoms with E-state index in [1.165, 1.54) is 37.7 Å². The van der Waals surface area contributed by atoms with Gasteiger partial charge in [-0.15, -0.1) is 0 Å². The van der Waals surface area contributed by atoms with E-state index in [2.05, 4.69) is 35.4 Å². The molecule has 1 heterocycles. The SMILES string of the molecule is CC(=NNC(=O)c1ccncc1)C1=CC[C@H]2[C@H]3CC[C@H]4C[C@@H](O)CC[C@]4(C)[C@@H]3CC[C@]12C. The minimum Gasteiger partial charge on any atom is -0.393 e. The fraction of sp³-hybridized carbons (Fsp3) is 0.667. The van der Waals surface area contributed by atoms with Crippen LogP contribution in [0.1, 0.15) is 82.5 Å². The van der Waals surface area contributed by atoms with Gasteiger partial charge in [0.25, 0.3) is 5.91 Å². The number of allylic oxidation sites excluding steroid dienone is 2. The number of aliphatic hydroxyl groups excluding tert-OH is 1. The molecule has 0 aromatic carbocycles. The lowest BCUT2D eigenvalue weighted by Crippen LogP contribution is -2.53. The van der Waals surface area contributed by atoms with Crippen LogP contribution in [0.2, 0.25) is 0 Å². The van der Waals surface area contributed by atoms with E-state index in [0.717, 1.165) is 36.8 Å². The van der Waals surface area contributed by atoms with Crippen molar-refractivity contribution in [3.8, 4) is 0 Å². The minimum atomic E-state index is -0.193. The Labute approximate surface area is 191 Å². The van der Waals surface area contributed by atoms with E-state index in [-0.39, 0.29) is 17.4 Å². The van der Waals surface area contributed by atoms with E-state index in [1.54, 1.807) is 24.5 Å². The number of aromatic nitrogens is 1. The van der Waals surface area contributed by atoms with E-state index in [0.29, 0.717) is 22.8 Å². The molecule has 1 aromatic rings. The first-order valence-corrected chi connectivity index (χ1v) is 12.5. The molecule has 0 saturated heterocycles. The molecule has 2 N–H and O–H groups in total. The van der Waals surface area contributed by atoms with E-state index < -0.39 is 0 Å². The summed E-state index contributed by atoms with van der Waals surface area (Å²) in [6.07, 6.45) is 14.9. The van der Waals surface area contributed by atoms with E-state index in [1.807, 2.05) is 6.92 Å². The second-order valence-electron chi connectivity index (χ2n) is 11.3. The third kappa shape index (κ3) is 3.44. The van der Waals surface area contributed by atoms with Crippen molar-refractivity contribution < 1.29 is 9.90 Å². The van der Waals surface area contributed by atoms with Gasteiger partial charge in [-0.3, -0.25) is 9.78 Å². The molecule has 4 aliphatic rings. The third-order valence-electron chi connectivity index (χ3n) is 9.88. The van der Waals surface area contributed by atoms with Crippen molar-refractivity contribution in [3.05, 3.63) is 41.7 Å². The van der Waals surface area contributed by atoms with Crippen molar-refractivity contribution in [3.63, 3.8) is 0 Å². The number of fused-ring (bicyclic) bond motifs is 5. The standard InChI is InChI=1S/C27H37N3O2/c1-17(29-30-25(32)18-10-14-28-15-11-18)22-6-7-23-21-5-4-19-16-20(31)8-12-26(19,2)24(21)9-13-27(22,23)3/h6,10-11,14-15,19-21,23-24,31H,4-5,7-9,12-13,16H2,1-3H3,(H,30,32)/t19-,20-,21+,23-,24+,26-,27+/m0/s1. The van der Waals surface area contributed by atoms with Gasteiger partial charge < -0.3 is 5.11 Å². The summed E-state index contributed by atoms with van der Waals surface area (Å²) >= 11 is 0. The first kappa shape index (κ1) is 21.8. The van der Waals surface area contributed by atoms with Crippen molar-refractivity contribution in [2.75, 3.05) is 0 Å². The zero-order chi connectivity index (χ0) is 22.5. The normalized spacial score (nSPS) is 41.2. The summed E-state index contributed by atoms with van der Waals surface area (Å²) in [6.45, 7) is 7.02. The van der Waals surface area contributed by atoms with Crippen LogP contribution in [0.3, 0.4) is 0 Å². The predicted octanol–water partition coefficient (Wildman–Crippen LogP) is 5.13. The quantitative estimate of drug-likeness (QED) is 0.511. The highest BCUT2D eigenvalue weighted by Gasteiger charge is 2.58. The lowest BCUT2D eigenvalue weighted by Gasteiger charge is -2.60. The number of hydrogen-bond acceptors (Lipinski definition) is 4. The Kier molecular flexibility index (Phi) is 5.51. The van der Waals surface area contributed by atoms with Crippen molar-refractivity contribution in [2.24, 2.45) is 39.6 Å². The van der Waals surface area contributed by atoms with Crippen molar-refractivity contribution in [2.45, 2.75) is 78.2 Å². The molecule has 0 radical (unpaired) electrons. The molecule has 0 unspecified atom stereocenters. The number of nitrogens with one attached hydrogen (secondary N) is 1. The maximum atomic E-state index is 12.4. The van der Waals surface area contributed by atoms with Crippen LogP contribution >= 0.6 is 0 Å². The predicted molar refractivity (Wildman–Crippen MR) is 126 cm³/mol. The molecule has 1 aromatic heterocycles. The number of aliphatic hydroxyl groups is 1. The molecule has 5 nitrogen and oxygen atoms in total. The molecule has 5 rings (SSSR count). The molecular weight excluding hydrogens is 398 g/mol. The van der Waals surface area contributed by atoms with Crippen molar-refractivity contribution in [1.29, 1.82) is 0 Å². The molecule has 32 heavy (non-hydrogen) atoms. The Morgan fingerprint density at radius 3 is 2.69 bits per heavy atom. The summed E-state index contributed by atoms with van der Waals surface area (Å²) in [5.41, 5.74) is 6.14. The molecule has 7 atom stereocenters. The second kappa shape index (κ2) is 8.09. The van der Waals surface area contributed by atoms with Crippen LogP contribution in [-0.2, 0) is 0 Å². The van der Waals surface area contributed by atoms with Crippen molar-refractivity contribution >= 4 is 11.6 Å². The summed E-state index contributed by atoms with van der Waals surface area (Å²) in [5.74, 6) is 2.71. The number of rotatable bonds is 3. The number of carbonyl (C=O) groups excluding carboxylic acids is 1. The Morgan fingerprint density at radius 1 is 1.12 bits per heavy atom. The number of hydrogen-bond donors (Lipinski definition) is 2. The lowest BCUT2D eigenvalue weighted by molar-refractivity contribution is -0.117. The van der Waals surface area contributed by atoms with Crippen LogP contribution in [-0.4, -0.2) is 27.8 Å². The van der Waals surface area contributed by atoms with Crippen LogP contribution in [0.25, 0.3) is 0 Å². The zero-order valence-electron chi connectivity index (χ0n) is 19.7. The molecule has 1 amide bonds. The molecular formula is C27H37N3O2. The van der Waals surface area contributed by atoms with Gasteiger partial charge in [-0.25, -0.2) is 5.43 Å². The molecule has 0 spiro atoms. The fourth-order valence-electron chi connectivity index (χ4n) is 8.13. The number of pyridine rings is 1. The summed E-state index contributed by atoms with van der Waals surface area (Å²) < 4.78 is 0. The average molecular weight is 436 g/mol. The van der Waals surface area contributed by atoms with Gasteiger partial charge in [-0.2, -0.15) is 5.10 Å². The number of hydrazone groups is 1. The maximum absolute atomic E-state index is 12.4. The largest absolute Gasteiger partial charge is 0.393 e. The Morgan fingerprint density at radius 2 is 1.91 bits per heavy atom. The molecule has 3 fully saturated rings. The highest BCUT2D eigenvalue weighted by atomic mass is 16.3. The first-order valence-electron chi connectivity index (χ1n) is 12.5. The van der Waals surface area contributed by atoms with Crippen LogP contribution in [0, 0.1) is 34.5 Å². The highest BCUT2D eigenvalue weighted by Crippen LogP contribution is 2.66. The highest BCUT2D eigenvalue weighted by molar-refractivity contribution is 6.01. The van der Waals surface area contributed by atoms with Crippen LogP contribution in [0.4, 0.5) is 0 Å². The monoisotopic (exact) mass is 435 g/mol. The minimum absolute atomic E-state index is 0.0838. The first-order chi connectivity index (χ1) is 15.3. The van der Waals surface area contributed by atoms with Crippen molar-refractivity contribution in [1.82, 2.24) is 10.4 Å². The van der Waals surface area contributed by atoms with Gasteiger partial charge in [0.15, 0.2) is 0 Å². The van der Waals surface area contributed by atoms with Gasteiger partial charge in [0.1, 0.15) is 0 Å². The Hall–Kier alpha value is -2.01. The second-order valence-corrected chi connectivity index (χ2v) is 11.3. The fourth-order valence-corrected chi connectivity index (χ4v) is 8.13. The van der Waals surface area contributed by atoms with Crippen LogP contribution in [0.15, 0.2) is 41.3 Å². The number of nitrogens with zero attached hydrogens (tertiary/aromatic N) is 2. The van der Waals surface area contributed by atoms with Gasteiger partial charge >= 0.3 is 0 Å². The van der Waals surface area contributed by atoms with Gasteiger partial charge in [0.05, 0.1) is 11.8 Å². The topological polar surface area (TPSA) is 74.6 Å². The molecule has 5 heteroatoms. The Bertz CT molecular complexity index is 941. The summed E-state index contributed by atoms with van der Waals surface area (Å²) in [7, 11) is 0. The molecule has 0 aliphatic heterocycles.